The quantitative estimate of drug-likeness (QED) is 0.729. The molecule has 0 radical (unpaired) electrons. The Morgan fingerprint density at radius 3 is 2.50 bits per heavy atom. The van der Waals surface area contributed by atoms with Gasteiger partial charge in [0, 0.05) is 35.8 Å². The summed E-state index contributed by atoms with van der Waals surface area (Å²) in [6, 6.07) is 15.7. The van der Waals surface area contributed by atoms with Crippen molar-refractivity contribution in [3.8, 4) is 0 Å². The van der Waals surface area contributed by atoms with Crippen LogP contribution in [0.2, 0.25) is 0 Å². The van der Waals surface area contributed by atoms with Gasteiger partial charge in [-0.25, -0.2) is 4.39 Å². The fraction of sp³-hybridized carbons (Fsp3) is 0.273. The van der Waals surface area contributed by atoms with Gasteiger partial charge in [0.15, 0.2) is 0 Å². The molecule has 0 aliphatic carbocycles. The highest BCUT2D eigenvalue weighted by atomic mass is 19.1. The second-order valence-electron chi connectivity index (χ2n) is 7.16. The Balaban J connectivity index is 1.29. The molecule has 0 saturated carbocycles. The standard InChI is InChI=1S/C22H22FN3O2/c23-18-7-5-16(6-8-18)22(28)24-14-21(27)26-11-9-15(10-12-26)20-13-17-3-1-2-4-19(17)25-20/h1-8,13,15,25H,9-12,14H2,(H,24,28). The fourth-order valence-corrected chi connectivity index (χ4v) is 3.73. The number of carbonyl (C=O) groups excluding carboxylic acids is 2. The molecule has 1 saturated heterocycles. The smallest absolute Gasteiger partial charge is 0.251 e. The highest BCUT2D eigenvalue weighted by Crippen LogP contribution is 2.29. The lowest BCUT2D eigenvalue weighted by Crippen LogP contribution is -2.43. The summed E-state index contributed by atoms with van der Waals surface area (Å²) < 4.78 is 12.9. The maximum atomic E-state index is 12.9. The number of fused-ring (bicyclic) bond motifs is 1. The summed E-state index contributed by atoms with van der Waals surface area (Å²) in [6.07, 6.45) is 1.79. The molecule has 1 fully saturated rings. The van der Waals surface area contributed by atoms with E-state index in [1.54, 1.807) is 4.90 Å². The highest BCUT2D eigenvalue weighted by Gasteiger charge is 2.25. The Hall–Kier alpha value is -3.15. The molecule has 3 aromatic rings. The van der Waals surface area contributed by atoms with E-state index in [9.17, 15) is 14.0 Å². The van der Waals surface area contributed by atoms with Crippen molar-refractivity contribution in [2.24, 2.45) is 0 Å². The van der Waals surface area contributed by atoms with Crippen LogP contribution in [0.15, 0.2) is 54.6 Å². The van der Waals surface area contributed by atoms with Gasteiger partial charge in [0.1, 0.15) is 5.82 Å². The monoisotopic (exact) mass is 379 g/mol. The number of aromatic amines is 1. The summed E-state index contributed by atoms with van der Waals surface area (Å²) in [5, 5.41) is 3.83. The van der Waals surface area contributed by atoms with Crippen LogP contribution < -0.4 is 5.32 Å². The van der Waals surface area contributed by atoms with Crippen molar-refractivity contribution in [1.82, 2.24) is 15.2 Å². The minimum atomic E-state index is -0.398. The Kier molecular flexibility index (Phi) is 5.10. The van der Waals surface area contributed by atoms with Gasteiger partial charge in [-0.3, -0.25) is 9.59 Å². The zero-order valence-electron chi connectivity index (χ0n) is 15.5. The molecule has 2 heterocycles. The number of nitrogens with zero attached hydrogens (tertiary/aromatic N) is 1. The molecular formula is C22H22FN3O2. The molecule has 2 amide bonds. The molecule has 5 nitrogen and oxygen atoms in total. The van der Waals surface area contributed by atoms with Gasteiger partial charge in [0.25, 0.3) is 5.91 Å². The molecular weight excluding hydrogens is 357 g/mol. The molecule has 1 aliphatic rings. The zero-order valence-corrected chi connectivity index (χ0v) is 15.5. The number of carbonyl (C=O) groups is 2. The maximum absolute atomic E-state index is 12.9. The fourth-order valence-electron chi connectivity index (χ4n) is 3.73. The summed E-state index contributed by atoms with van der Waals surface area (Å²) in [4.78, 5) is 29.8. The van der Waals surface area contributed by atoms with Crippen molar-refractivity contribution in [3.63, 3.8) is 0 Å². The summed E-state index contributed by atoms with van der Waals surface area (Å²) in [6.45, 7) is 1.30. The van der Waals surface area contributed by atoms with E-state index in [1.165, 1.54) is 35.3 Å². The van der Waals surface area contributed by atoms with E-state index in [1.807, 2.05) is 12.1 Å². The molecule has 0 spiro atoms. The number of hydrogen-bond acceptors (Lipinski definition) is 2. The van der Waals surface area contributed by atoms with Crippen LogP contribution in [0.4, 0.5) is 4.39 Å². The number of benzene rings is 2. The minimum Gasteiger partial charge on any atom is -0.358 e. The van der Waals surface area contributed by atoms with E-state index in [4.69, 9.17) is 0 Å². The zero-order chi connectivity index (χ0) is 19.5. The van der Waals surface area contributed by atoms with Crippen LogP contribution >= 0.6 is 0 Å². The van der Waals surface area contributed by atoms with Gasteiger partial charge in [0.05, 0.1) is 6.54 Å². The number of aromatic nitrogens is 1. The number of hydrogen-bond donors (Lipinski definition) is 2. The lowest BCUT2D eigenvalue weighted by atomic mass is 9.93. The summed E-state index contributed by atoms with van der Waals surface area (Å²) >= 11 is 0. The molecule has 28 heavy (non-hydrogen) atoms. The number of H-pyrrole nitrogens is 1. The Bertz CT molecular complexity index is 955. The van der Waals surface area contributed by atoms with Crippen molar-refractivity contribution < 1.29 is 14.0 Å². The van der Waals surface area contributed by atoms with Gasteiger partial charge < -0.3 is 15.2 Å². The van der Waals surface area contributed by atoms with Gasteiger partial charge in [-0.15, -0.1) is 0 Å². The van der Waals surface area contributed by atoms with Crippen LogP contribution in [-0.4, -0.2) is 41.3 Å². The molecule has 1 aromatic heterocycles. The third-order valence-electron chi connectivity index (χ3n) is 5.34. The number of piperidine rings is 1. The second kappa shape index (κ2) is 7.84. The number of amides is 2. The maximum Gasteiger partial charge on any atom is 0.251 e. The number of rotatable bonds is 4. The molecule has 1 aliphatic heterocycles. The van der Waals surface area contributed by atoms with Gasteiger partial charge in [0.2, 0.25) is 5.91 Å². The van der Waals surface area contributed by atoms with Crippen molar-refractivity contribution in [1.29, 1.82) is 0 Å². The van der Waals surface area contributed by atoms with Gasteiger partial charge in [-0.1, -0.05) is 18.2 Å². The first-order valence-corrected chi connectivity index (χ1v) is 9.49. The largest absolute Gasteiger partial charge is 0.358 e. The van der Waals surface area contributed by atoms with Crippen LogP contribution in [0.25, 0.3) is 10.9 Å². The SMILES string of the molecule is O=C(NCC(=O)N1CCC(c2cc3ccccc3[nH]2)CC1)c1ccc(F)cc1. The minimum absolute atomic E-state index is 0.0483. The number of nitrogens with one attached hydrogen (secondary N) is 2. The van der Waals surface area contributed by atoms with Crippen LogP contribution in [-0.2, 0) is 4.79 Å². The molecule has 2 N–H and O–H groups in total. The van der Waals surface area contributed by atoms with Gasteiger partial charge in [-0.2, -0.15) is 0 Å². The molecule has 4 rings (SSSR count). The van der Waals surface area contributed by atoms with E-state index < -0.39 is 5.82 Å². The summed E-state index contributed by atoms with van der Waals surface area (Å²) in [5.41, 5.74) is 2.70. The molecule has 2 aromatic carbocycles. The van der Waals surface area contributed by atoms with Crippen LogP contribution in [0, 0.1) is 5.82 Å². The summed E-state index contributed by atoms with van der Waals surface area (Å²) in [7, 11) is 0. The lowest BCUT2D eigenvalue weighted by Gasteiger charge is -2.31. The first kappa shape index (κ1) is 18.2. The van der Waals surface area contributed by atoms with Crippen LogP contribution in [0.3, 0.4) is 0 Å². The molecule has 0 bridgehead atoms. The van der Waals surface area contributed by atoms with Crippen molar-refractivity contribution in [3.05, 3.63) is 71.7 Å². The first-order chi connectivity index (χ1) is 13.6. The second-order valence-corrected chi connectivity index (χ2v) is 7.16. The normalized spacial score (nSPS) is 15.0. The third kappa shape index (κ3) is 3.91. The molecule has 6 heteroatoms. The van der Waals surface area contributed by atoms with Crippen molar-refractivity contribution in [2.45, 2.75) is 18.8 Å². The molecule has 144 valence electrons. The van der Waals surface area contributed by atoms with Crippen molar-refractivity contribution in [2.75, 3.05) is 19.6 Å². The Morgan fingerprint density at radius 2 is 1.79 bits per heavy atom. The third-order valence-corrected chi connectivity index (χ3v) is 5.34. The van der Waals surface area contributed by atoms with Gasteiger partial charge in [-0.05, 0) is 54.6 Å². The van der Waals surface area contributed by atoms with Crippen molar-refractivity contribution >= 4 is 22.7 Å². The van der Waals surface area contributed by atoms with E-state index in [2.05, 4.69) is 28.5 Å². The first-order valence-electron chi connectivity index (χ1n) is 9.49. The number of para-hydroxylation sites is 1. The lowest BCUT2D eigenvalue weighted by molar-refractivity contribution is -0.131. The number of likely N-dealkylation sites (tertiary alicyclic amines) is 1. The molecule has 0 atom stereocenters. The summed E-state index contributed by atoms with van der Waals surface area (Å²) in [5.74, 6) is -0.456. The average molecular weight is 379 g/mol. The van der Waals surface area contributed by atoms with Gasteiger partial charge >= 0.3 is 0 Å². The predicted octanol–water partition coefficient (Wildman–Crippen LogP) is 3.44. The van der Waals surface area contributed by atoms with E-state index in [-0.39, 0.29) is 18.4 Å². The van der Waals surface area contributed by atoms with E-state index in [0.29, 0.717) is 24.6 Å². The molecule has 0 unspecified atom stereocenters. The highest BCUT2D eigenvalue weighted by molar-refractivity contribution is 5.96. The Labute approximate surface area is 162 Å². The van der Waals surface area contributed by atoms with Crippen LogP contribution in [0.5, 0.6) is 0 Å². The number of halogens is 1. The van der Waals surface area contributed by atoms with E-state index >= 15 is 0 Å². The average Bonchev–Trinajstić information content (AvgIpc) is 3.16. The topological polar surface area (TPSA) is 65.2 Å². The van der Waals surface area contributed by atoms with E-state index in [0.717, 1.165) is 18.4 Å². The predicted molar refractivity (Wildman–Crippen MR) is 106 cm³/mol. The Morgan fingerprint density at radius 1 is 1.07 bits per heavy atom. The van der Waals surface area contributed by atoms with Crippen LogP contribution in [0.1, 0.15) is 34.8 Å².